The Morgan fingerprint density at radius 1 is 1.11 bits per heavy atom. The molecule has 188 valence electrons. The van der Waals surface area contributed by atoms with Crippen molar-refractivity contribution >= 4 is 45.2 Å². The molecule has 2 amide bonds. The van der Waals surface area contributed by atoms with E-state index in [1.54, 1.807) is 19.3 Å². The molecule has 1 atom stereocenters. The van der Waals surface area contributed by atoms with Gasteiger partial charge < -0.3 is 15.1 Å². The molecule has 0 unspecified atom stereocenters. The van der Waals surface area contributed by atoms with Gasteiger partial charge in [-0.15, -0.1) is 0 Å². The van der Waals surface area contributed by atoms with E-state index in [-0.39, 0.29) is 11.8 Å². The van der Waals surface area contributed by atoms with Gasteiger partial charge in [0.05, 0.1) is 10.6 Å². The molecule has 2 aliphatic rings. The van der Waals surface area contributed by atoms with Gasteiger partial charge in [-0.25, -0.2) is 4.98 Å². The van der Waals surface area contributed by atoms with Crippen LogP contribution >= 0.6 is 27.5 Å². The van der Waals surface area contributed by atoms with Crippen LogP contribution in [0, 0.1) is 0 Å². The van der Waals surface area contributed by atoms with Crippen molar-refractivity contribution in [3.63, 3.8) is 0 Å². The number of rotatable bonds is 6. The minimum Gasteiger partial charge on any atom is -0.355 e. The number of amides is 2. The quantitative estimate of drug-likeness (QED) is 0.563. The molecular formula is C26H33BrClN5O2. The fraction of sp³-hybridized carbons (Fsp3) is 0.500. The van der Waals surface area contributed by atoms with E-state index in [9.17, 15) is 9.59 Å². The molecule has 4 rings (SSSR count). The Kier molecular flexibility index (Phi) is 8.68. The van der Waals surface area contributed by atoms with Crippen molar-refractivity contribution in [1.29, 1.82) is 0 Å². The number of piperidine rings is 1. The molecule has 9 heteroatoms. The van der Waals surface area contributed by atoms with E-state index in [1.165, 1.54) is 0 Å². The van der Waals surface area contributed by atoms with Gasteiger partial charge in [0, 0.05) is 68.1 Å². The lowest BCUT2D eigenvalue weighted by Gasteiger charge is -2.48. The van der Waals surface area contributed by atoms with Crippen molar-refractivity contribution < 1.29 is 9.59 Å². The first-order valence-corrected chi connectivity index (χ1v) is 13.5. The molecule has 0 radical (unpaired) electrons. The number of nitrogens with zero attached hydrogens (tertiary/aromatic N) is 4. The van der Waals surface area contributed by atoms with Crippen LogP contribution in [0.3, 0.4) is 0 Å². The first-order valence-electron chi connectivity index (χ1n) is 12.3. The predicted octanol–water partition coefficient (Wildman–Crippen LogP) is 4.45. The SMILES string of the molecule is CCC[C@H]1CN(c2ncc(C(=O)NC)cc2Cl)CCN1C1CCN(C(=O)c2ccc(Br)cc2)CC1. The summed E-state index contributed by atoms with van der Waals surface area (Å²) in [5.74, 6) is 0.673. The molecule has 0 saturated carbocycles. The molecule has 2 saturated heterocycles. The molecule has 7 nitrogen and oxygen atoms in total. The topological polar surface area (TPSA) is 68.8 Å². The minimum absolute atomic E-state index is 0.117. The molecule has 1 aromatic heterocycles. The highest BCUT2D eigenvalue weighted by molar-refractivity contribution is 9.10. The Balaban J connectivity index is 1.39. The van der Waals surface area contributed by atoms with Crippen LogP contribution in [0.4, 0.5) is 5.82 Å². The lowest BCUT2D eigenvalue weighted by molar-refractivity contribution is 0.0481. The van der Waals surface area contributed by atoms with Crippen LogP contribution in [0.1, 0.15) is 53.3 Å². The summed E-state index contributed by atoms with van der Waals surface area (Å²) < 4.78 is 0.979. The van der Waals surface area contributed by atoms with Crippen LogP contribution < -0.4 is 10.2 Å². The van der Waals surface area contributed by atoms with Crippen LogP contribution in [0.25, 0.3) is 0 Å². The van der Waals surface area contributed by atoms with Crippen LogP contribution in [0.15, 0.2) is 41.0 Å². The molecule has 0 aliphatic carbocycles. The van der Waals surface area contributed by atoms with Crippen LogP contribution in [0.5, 0.6) is 0 Å². The molecule has 3 heterocycles. The zero-order valence-corrected chi connectivity index (χ0v) is 22.7. The molecule has 2 aliphatic heterocycles. The summed E-state index contributed by atoms with van der Waals surface area (Å²) in [5, 5.41) is 3.12. The molecule has 2 aromatic rings. The lowest BCUT2D eigenvalue weighted by atomic mass is 9.97. The number of carbonyl (C=O) groups excluding carboxylic acids is 2. The number of nitrogens with one attached hydrogen (secondary N) is 1. The van der Waals surface area contributed by atoms with Crippen molar-refractivity contribution in [3.05, 3.63) is 57.2 Å². The largest absolute Gasteiger partial charge is 0.355 e. The highest BCUT2D eigenvalue weighted by atomic mass is 79.9. The third-order valence-corrected chi connectivity index (χ3v) is 7.88. The maximum atomic E-state index is 12.9. The fourth-order valence-corrected chi connectivity index (χ4v) is 5.79. The Labute approximate surface area is 220 Å². The summed E-state index contributed by atoms with van der Waals surface area (Å²) in [7, 11) is 1.60. The Morgan fingerprint density at radius 3 is 2.46 bits per heavy atom. The number of hydrogen-bond acceptors (Lipinski definition) is 5. The summed E-state index contributed by atoms with van der Waals surface area (Å²) in [5.41, 5.74) is 1.21. The molecule has 2 fully saturated rings. The summed E-state index contributed by atoms with van der Waals surface area (Å²) >= 11 is 9.98. The Bertz CT molecular complexity index is 1040. The van der Waals surface area contributed by atoms with Gasteiger partial charge in [0.25, 0.3) is 11.8 Å². The van der Waals surface area contributed by atoms with Gasteiger partial charge in [-0.2, -0.15) is 0 Å². The first-order chi connectivity index (χ1) is 16.9. The molecule has 1 aromatic carbocycles. The van der Waals surface area contributed by atoms with Gasteiger partial charge >= 0.3 is 0 Å². The maximum absolute atomic E-state index is 12.9. The monoisotopic (exact) mass is 561 g/mol. The van der Waals surface area contributed by atoms with Crippen molar-refractivity contribution in [2.75, 3.05) is 44.7 Å². The molecule has 35 heavy (non-hydrogen) atoms. The average molecular weight is 563 g/mol. The smallest absolute Gasteiger partial charge is 0.253 e. The number of benzene rings is 1. The summed E-state index contributed by atoms with van der Waals surface area (Å²) in [6.07, 6.45) is 5.78. The van der Waals surface area contributed by atoms with Crippen molar-refractivity contribution in [2.24, 2.45) is 0 Å². The number of pyridine rings is 1. The zero-order chi connectivity index (χ0) is 24.9. The number of likely N-dealkylation sites (tertiary alicyclic amines) is 1. The van der Waals surface area contributed by atoms with E-state index >= 15 is 0 Å². The van der Waals surface area contributed by atoms with E-state index in [2.05, 4.69) is 43.0 Å². The zero-order valence-electron chi connectivity index (χ0n) is 20.3. The number of hydrogen-bond donors (Lipinski definition) is 1. The highest BCUT2D eigenvalue weighted by Crippen LogP contribution is 2.30. The molecule has 0 spiro atoms. The standard InChI is InChI=1S/C26H33BrClN5O2/c1-3-4-22-17-32(24-23(28)15-19(16-30-24)25(34)29-2)13-14-33(22)21-9-11-31(12-10-21)26(35)18-5-7-20(27)8-6-18/h5-8,15-16,21-22H,3-4,9-14,17H2,1-2H3,(H,29,34)/t22-/m0/s1. The van der Waals surface area contributed by atoms with Crippen molar-refractivity contribution in [1.82, 2.24) is 20.1 Å². The van der Waals surface area contributed by atoms with E-state index in [0.29, 0.717) is 22.7 Å². The third-order valence-electron chi connectivity index (χ3n) is 7.07. The van der Waals surface area contributed by atoms with Crippen molar-refractivity contribution in [3.8, 4) is 0 Å². The normalized spacial score (nSPS) is 19.6. The van der Waals surface area contributed by atoms with Crippen molar-refractivity contribution in [2.45, 2.75) is 44.7 Å². The molecular weight excluding hydrogens is 530 g/mol. The fourth-order valence-electron chi connectivity index (χ4n) is 5.24. The van der Waals surface area contributed by atoms with E-state index in [0.717, 1.165) is 74.3 Å². The Hall–Kier alpha value is -2.16. The van der Waals surface area contributed by atoms with Gasteiger partial charge in [-0.1, -0.05) is 40.9 Å². The maximum Gasteiger partial charge on any atom is 0.253 e. The second-order valence-electron chi connectivity index (χ2n) is 9.27. The summed E-state index contributed by atoms with van der Waals surface area (Å²) in [6.45, 7) is 6.42. The van der Waals surface area contributed by atoms with E-state index in [1.807, 2.05) is 29.2 Å². The van der Waals surface area contributed by atoms with Crippen LogP contribution in [-0.2, 0) is 0 Å². The molecule has 1 N–H and O–H groups in total. The van der Waals surface area contributed by atoms with Gasteiger partial charge in [0.2, 0.25) is 0 Å². The average Bonchev–Trinajstić information content (AvgIpc) is 2.88. The van der Waals surface area contributed by atoms with E-state index < -0.39 is 0 Å². The summed E-state index contributed by atoms with van der Waals surface area (Å²) in [4.78, 5) is 36.3. The number of carbonyl (C=O) groups is 2. The van der Waals surface area contributed by atoms with Gasteiger partial charge in [-0.3, -0.25) is 14.5 Å². The van der Waals surface area contributed by atoms with Crippen LogP contribution in [-0.4, -0.2) is 78.5 Å². The van der Waals surface area contributed by atoms with Gasteiger partial charge in [0.15, 0.2) is 0 Å². The van der Waals surface area contributed by atoms with E-state index in [4.69, 9.17) is 11.6 Å². The second kappa shape index (κ2) is 11.7. The number of halogens is 2. The minimum atomic E-state index is -0.190. The summed E-state index contributed by atoms with van der Waals surface area (Å²) in [6, 6.07) is 10.2. The number of aromatic nitrogens is 1. The lowest BCUT2D eigenvalue weighted by Crippen LogP contribution is -2.59. The highest BCUT2D eigenvalue weighted by Gasteiger charge is 2.35. The van der Waals surface area contributed by atoms with Crippen LogP contribution in [0.2, 0.25) is 5.02 Å². The number of piperazine rings is 1. The van der Waals surface area contributed by atoms with Gasteiger partial charge in [-0.05, 0) is 49.6 Å². The Morgan fingerprint density at radius 2 is 1.83 bits per heavy atom. The third kappa shape index (κ3) is 5.98. The predicted molar refractivity (Wildman–Crippen MR) is 143 cm³/mol. The molecule has 0 bridgehead atoms. The first kappa shape index (κ1) is 25.9. The number of anilines is 1. The second-order valence-corrected chi connectivity index (χ2v) is 10.6. The van der Waals surface area contributed by atoms with Gasteiger partial charge in [0.1, 0.15) is 5.82 Å².